The summed E-state index contributed by atoms with van der Waals surface area (Å²) in [6.45, 7) is 2.70. The Bertz CT molecular complexity index is 1570. The minimum atomic E-state index is -0.563. The van der Waals surface area contributed by atoms with E-state index in [1.807, 2.05) is 42.9 Å². The molecule has 8 nitrogen and oxygen atoms in total. The van der Waals surface area contributed by atoms with Crippen molar-refractivity contribution in [3.05, 3.63) is 102 Å². The molecule has 8 heteroatoms. The smallest absolute Gasteiger partial charge is 0.308 e. The van der Waals surface area contributed by atoms with E-state index in [4.69, 9.17) is 15.2 Å². The standard InChI is InChI=1S/C30H28N4O4/c1-20(35)38-28-17-22(8-11-27(28)37-2)16-26(30(31)36)25-5-3-4-23-12-14-33(29(23)25)18-21-6-9-24(10-7-21)34-15-13-32-19-34/h3-17,32H,18-19H2,1-2H3,(H2,31,36)/b26-16+. The molecular formula is C30H28N4O4. The van der Waals surface area contributed by atoms with Crippen LogP contribution < -0.4 is 25.4 Å². The van der Waals surface area contributed by atoms with Crippen LogP contribution in [0.2, 0.25) is 0 Å². The third-order valence-corrected chi connectivity index (χ3v) is 6.35. The number of rotatable bonds is 8. The molecule has 0 saturated heterocycles. The Morgan fingerprint density at radius 2 is 1.87 bits per heavy atom. The summed E-state index contributed by atoms with van der Waals surface area (Å²) < 4.78 is 12.7. The average molecular weight is 509 g/mol. The van der Waals surface area contributed by atoms with Crippen LogP contribution in [0.1, 0.15) is 23.6 Å². The molecule has 38 heavy (non-hydrogen) atoms. The molecule has 3 aromatic carbocycles. The topological polar surface area (TPSA) is 98.8 Å². The highest BCUT2D eigenvalue weighted by molar-refractivity contribution is 6.26. The Hall–Kier alpha value is -4.98. The number of aromatic nitrogens is 1. The number of methoxy groups -OCH3 is 1. The number of carbonyl (C=O) groups is 2. The van der Waals surface area contributed by atoms with Gasteiger partial charge >= 0.3 is 5.97 Å². The fourth-order valence-corrected chi connectivity index (χ4v) is 4.59. The van der Waals surface area contributed by atoms with Crippen LogP contribution in [0.25, 0.3) is 22.6 Å². The van der Waals surface area contributed by atoms with Crippen molar-refractivity contribution in [2.24, 2.45) is 5.73 Å². The molecule has 0 bridgehead atoms. The van der Waals surface area contributed by atoms with E-state index in [1.165, 1.54) is 14.0 Å². The van der Waals surface area contributed by atoms with E-state index in [2.05, 4.69) is 39.0 Å². The van der Waals surface area contributed by atoms with Crippen molar-refractivity contribution in [3.63, 3.8) is 0 Å². The normalized spacial score (nSPS) is 13.0. The van der Waals surface area contributed by atoms with E-state index in [9.17, 15) is 9.59 Å². The Morgan fingerprint density at radius 1 is 1.05 bits per heavy atom. The van der Waals surface area contributed by atoms with Crippen LogP contribution in [0.4, 0.5) is 5.69 Å². The lowest BCUT2D eigenvalue weighted by molar-refractivity contribution is -0.132. The number of nitrogens with zero attached hydrogens (tertiary/aromatic N) is 2. The zero-order chi connectivity index (χ0) is 26.6. The molecule has 4 aromatic rings. The van der Waals surface area contributed by atoms with E-state index in [0.717, 1.165) is 34.4 Å². The molecule has 1 aromatic heterocycles. The zero-order valence-electron chi connectivity index (χ0n) is 21.2. The second-order valence-electron chi connectivity index (χ2n) is 8.93. The Balaban J connectivity index is 1.52. The summed E-state index contributed by atoms with van der Waals surface area (Å²) in [5, 5.41) is 4.17. The van der Waals surface area contributed by atoms with Crippen LogP contribution in [0.3, 0.4) is 0 Å². The van der Waals surface area contributed by atoms with E-state index < -0.39 is 11.9 Å². The van der Waals surface area contributed by atoms with Gasteiger partial charge in [0.25, 0.3) is 0 Å². The number of para-hydroxylation sites is 1. The summed E-state index contributed by atoms with van der Waals surface area (Å²) in [7, 11) is 1.50. The lowest BCUT2D eigenvalue weighted by Gasteiger charge is -2.16. The highest BCUT2D eigenvalue weighted by Gasteiger charge is 2.17. The zero-order valence-corrected chi connectivity index (χ0v) is 21.2. The van der Waals surface area contributed by atoms with Gasteiger partial charge in [-0.3, -0.25) is 9.59 Å². The van der Waals surface area contributed by atoms with Crippen molar-refractivity contribution >= 4 is 40.1 Å². The molecule has 0 spiro atoms. The van der Waals surface area contributed by atoms with Gasteiger partial charge in [0.05, 0.1) is 19.3 Å². The molecule has 0 atom stereocenters. The maximum absolute atomic E-state index is 12.7. The summed E-state index contributed by atoms with van der Waals surface area (Å²) in [6, 6.07) is 21.3. The number of fused-ring (bicyclic) bond motifs is 1. The lowest BCUT2D eigenvalue weighted by atomic mass is 9.99. The van der Waals surface area contributed by atoms with E-state index in [-0.39, 0.29) is 5.75 Å². The Morgan fingerprint density at radius 3 is 2.55 bits per heavy atom. The number of esters is 1. The van der Waals surface area contributed by atoms with Crippen LogP contribution in [0.15, 0.2) is 85.3 Å². The quantitative estimate of drug-likeness (QED) is 0.158. The molecule has 2 heterocycles. The SMILES string of the molecule is COc1ccc(/C=C(/C(N)=O)c2cccc3ccn(Cc4ccc(N5C=CNC5)cc4)c23)cc1OC(C)=O. The highest BCUT2D eigenvalue weighted by Crippen LogP contribution is 2.32. The molecule has 3 N–H and O–H groups in total. The number of carbonyl (C=O) groups excluding carboxylic acids is 2. The van der Waals surface area contributed by atoms with Gasteiger partial charge < -0.3 is 30.0 Å². The van der Waals surface area contributed by atoms with Gasteiger partial charge in [0.2, 0.25) is 5.91 Å². The van der Waals surface area contributed by atoms with Crippen LogP contribution >= 0.6 is 0 Å². The van der Waals surface area contributed by atoms with Crippen LogP contribution in [0, 0.1) is 0 Å². The second kappa shape index (κ2) is 10.6. The first-order valence-corrected chi connectivity index (χ1v) is 12.1. The fraction of sp³-hybridized carbons (Fsp3) is 0.133. The van der Waals surface area contributed by atoms with Crippen LogP contribution in [-0.2, 0) is 16.1 Å². The Kier molecular flexibility index (Phi) is 6.86. The van der Waals surface area contributed by atoms with E-state index >= 15 is 0 Å². The first kappa shape index (κ1) is 24.7. The molecule has 0 fully saturated rings. The summed E-state index contributed by atoms with van der Waals surface area (Å²) in [4.78, 5) is 26.4. The Labute approximate surface area is 220 Å². The number of benzene rings is 3. The number of amides is 1. The van der Waals surface area contributed by atoms with Gasteiger partial charge in [-0.15, -0.1) is 0 Å². The van der Waals surface area contributed by atoms with Crippen molar-refractivity contribution in [2.45, 2.75) is 13.5 Å². The number of nitrogens with two attached hydrogens (primary N) is 1. The van der Waals surface area contributed by atoms with Crippen LogP contribution in [-0.4, -0.2) is 30.2 Å². The average Bonchev–Trinajstić information content (AvgIpc) is 3.58. The number of nitrogens with one attached hydrogen (secondary N) is 1. The fourth-order valence-electron chi connectivity index (χ4n) is 4.59. The predicted molar refractivity (Wildman–Crippen MR) is 148 cm³/mol. The van der Waals surface area contributed by atoms with Crippen molar-refractivity contribution in [2.75, 3.05) is 18.7 Å². The molecule has 0 unspecified atom stereocenters. The van der Waals surface area contributed by atoms with Gasteiger partial charge in [-0.1, -0.05) is 36.4 Å². The summed E-state index contributed by atoms with van der Waals surface area (Å²) in [6.07, 6.45) is 7.65. The number of primary amides is 1. The molecule has 1 amide bonds. The molecule has 0 saturated carbocycles. The van der Waals surface area contributed by atoms with Gasteiger partial charge in [0, 0.05) is 54.3 Å². The third-order valence-electron chi connectivity index (χ3n) is 6.35. The second-order valence-corrected chi connectivity index (χ2v) is 8.93. The van der Waals surface area contributed by atoms with Gasteiger partial charge in [0.1, 0.15) is 0 Å². The number of hydrogen-bond acceptors (Lipinski definition) is 6. The molecule has 0 radical (unpaired) electrons. The maximum atomic E-state index is 12.7. The first-order chi connectivity index (χ1) is 18.4. The van der Waals surface area contributed by atoms with Gasteiger partial charge in [-0.2, -0.15) is 0 Å². The molecular weight excluding hydrogens is 480 g/mol. The summed E-state index contributed by atoms with van der Waals surface area (Å²) >= 11 is 0. The van der Waals surface area contributed by atoms with Gasteiger partial charge in [0.15, 0.2) is 11.5 Å². The van der Waals surface area contributed by atoms with Gasteiger partial charge in [-0.05, 0) is 47.5 Å². The first-order valence-electron chi connectivity index (χ1n) is 12.1. The largest absolute Gasteiger partial charge is 0.493 e. The predicted octanol–water partition coefficient (Wildman–Crippen LogP) is 4.49. The molecule has 5 rings (SSSR count). The van der Waals surface area contributed by atoms with Crippen molar-refractivity contribution in [1.82, 2.24) is 9.88 Å². The van der Waals surface area contributed by atoms with Crippen molar-refractivity contribution in [1.29, 1.82) is 0 Å². The van der Waals surface area contributed by atoms with E-state index in [0.29, 0.717) is 23.4 Å². The summed E-state index contributed by atoms with van der Waals surface area (Å²) in [5.41, 5.74) is 10.7. The lowest BCUT2D eigenvalue weighted by Crippen LogP contribution is -2.19. The maximum Gasteiger partial charge on any atom is 0.308 e. The molecule has 192 valence electrons. The van der Waals surface area contributed by atoms with Crippen LogP contribution in [0.5, 0.6) is 11.5 Å². The minimum Gasteiger partial charge on any atom is -0.493 e. The monoisotopic (exact) mass is 508 g/mol. The van der Waals surface area contributed by atoms with Crippen molar-refractivity contribution in [3.8, 4) is 11.5 Å². The number of ether oxygens (including phenoxy) is 2. The van der Waals surface area contributed by atoms with E-state index in [1.54, 1.807) is 24.3 Å². The number of hydrogen-bond donors (Lipinski definition) is 2. The molecule has 1 aliphatic rings. The molecule has 1 aliphatic heterocycles. The summed E-state index contributed by atoms with van der Waals surface area (Å²) in [5.74, 6) is -0.352. The number of anilines is 1. The highest BCUT2D eigenvalue weighted by atomic mass is 16.6. The molecule has 0 aliphatic carbocycles. The van der Waals surface area contributed by atoms with Gasteiger partial charge in [-0.25, -0.2) is 0 Å². The van der Waals surface area contributed by atoms with Crippen molar-refractivity contribution < 1.29 is 19.1 Å². The minimum absolute atomic E-state index is 0.266. The third kappa shape index (κ3) is 5.10.